The summed E-state index contributed by atoms with van der Waals surface area (Å²) in [6.45, 7) is 4.83. The molecular weight excluding hydrogens is 128 g/mol. The molecule has 0 aromatic rings. The average Bonchev–Trinajstić information content (AvgIpc) is 1.96. The maximum Gasteiger partial charge on any atom is -0.0142 e. The Kier molecular flexibility index (Phi) is 1.81. The number of hydrogen-bond donors (Lipinski definition) is 0. The van der Waals surface area contributed by atoms with Gasteiger partial charge in [0.25, 0.3) is 0 Å². The number of hydrogen-bond acceptors (Lipinski definition) is 0. The van der Waals surface area contributed by atoms with Gasteiger partial charge in [0, 0.05) is 0 Å². The van der Waals surface area contributed by atoms with Gasteiger partial charge in [-0.15, -0.1) is 0 Å². The number of rotatable bonds is 0. The average molecular weight is 146 g/mol. The summed E-state index contributed by atoms with van der Waals surface area (Å²) in [6.07, 6.45) is 7.91. The molecule has 1 heterocycles. The first-order valence-corrected chi connectivity index (χ1v) is 6.33. The fraction of sp³-hybridized carbons (Fsp3) is 1.00. The molecular formula is C8H18S. The lowest BCUT2D eigenvalue weighted by atomic mass is 10.2. The maximum absolute atomic E-state index is 2.48. The zero-order valence-corrected chi connectivity index (χ0v) is 7.79. The van der Waals surface area contributed by atoms with Crippen molar-refractivity contribution in [3.8, 4) is 0 Å². The normalized spacial score (nSPS) is 44.9. The summed E-state index contributed by atoms with van der Waals surface area (Å²) < 4.78 is 0. The van der Waals surface area contributed by atoms with E-state index in [2.05, 4.69) is 26.4 Å². The molecule has 2 atom stereocenters. The monoisotopic (exact) mass is 146 g/mol. The van der Waals surface area contributed by atoms with Crippen molar-refractivity contribution in [1.29, 1.82) is 0 Å². The molecule has 0 radical (unpaired) electrons. The van der Waals surface area contributed by atoms with Crippen molar-refractivity contribution in [1.82, 2.24) is 0 Å². The Morgan fingerprint density at radius 2 is 1.33 bits per heavy atom. The predicted molar refractivity (Wildman–Crippen MR) is 47.6 cm³/mol. The molecule has 0 aliphatic carbocycles. The maximum atomic E-state index is 2.48. The van der Waals surface area contributed by atoms with Crippen LogP contribution < -0.4 is 0 Å². The Bertz CT molecular complexity index is 95.1. The van der Waals surface area contributed by atoms with E-state index < -0.39 is 0 Å². The Morgan fingerprint density at radius 1 is 1.00 bits per heavy atom. The molecule has 9 heavy (non-hydrogen) atoms. The van der Waals surface area contributed by atoms with Gasteiger partial charge in [-0.2, -0.15) is 0 Å². The molecule has 0 aromatic carbocycles. The Balaban J connectivity index is 2.66. The fourth-order valence-corrected chi connectivity index (χ4v) is 3.75. The van der Waals surface area contributed by atoms with Crippen LogP contribution >= 0.6 is 10.0 Å². The summed E-state index contributed by atoms with van der Waals surface area (Å²) >= 11 is 0. The van der Waals surface area contributed by atoms with E-state index in [-0.39, 0.29) is 10.0 Å². The molecule has 0 spiro atoms. The molecule has 0 aromatic heterocycles. The SMILES string of the molecule is CC1CC[C@@H](C)S1(C)C. The van der Waals surface area contributed by atoms with E-state index in [1.807, 2.05) is 0 Å². The minimum atomic E-state index is -0.204. The quantitative estimate of drug-likeness (QED) is 0.493. The van der Waals surface area contributed by atoms with Gasteiger partial charge < -0.3 is 0 Å². The first kappa shape index (κ1) is 7.46. The van der Waals surface area contributed by atoms with Crippen LogP contribution in [0.3, 0.4) is 0 Å². The van der Waals surface area contributed by atoms with Gasteiger partial charge in [0.1, 0.15) is 0 Å². The van der Waals surface area contributed by atoms with E-state index >= 15 is 0 Å². The van der Waals surface area contributed by atoms with E-state index in [4.69, 9.17) is 0 Å². The molecule has 1 saturated heterocycles. The largest absolute Gasteiger partial charge is 0.242 e. The molecule has 0 N–H and O–H groups in total. The molecule has 1 aliphatic rings. The van der Waals surface area contributed by atoms with E-state index in [1.54, 1.807) is 0 Å². The fourth-order valence-electron chi connectivity index (χ4n) is 1.47. The predicted octanol–water partition coefficient (Wildman–Crippen LogP) is 2.62. The topological polar surface area (TPSA) is 0 Å². The van der Waals surface area contributed by atoms with Gasteiger partial charge >= 0.3 is 0 Å². The third kappa shape index (κ3) is 1.12. The summed E-state index contributed by atoms with van der Waals surface area (Å²) in [5.74, 6) is 0. The molecule has 0 amide bonds. The lowest BCUT2D eigenvalue weighted by Gasteiger charge is -2.35. The van der Waals surface area contributed by atoms with Crippen LogP contribution in [0.1, 0.15) is 26.7 Å². The van der Waals surface area contributed by atoms with Gasteiger partial charge in [0.15, 0.2) is 0 Å². The second-order valence-electron chi connectivity index (χ2n) is 3.69. The lowest BCUT2D eigenvalue weighted by molar-refractivity contribution is 0.777. The van der Waals surface area contributed by atoms with Gasteiger partial charge in [-0.1, -0.05) is 13.8 Å². The molecule has 1 unspecified atom stereocenters. The molecule has 1 fully saturated rings. The van der Waals surface area contributed by atoms with Gasteiger partial charge in [-0.3, -0.25) is 0 Å². The smallest absolute Gasteiger partial charge is 0.0142 e. The molecule has 0 nitrogen and oxygen atoms in total. The Labute approximate surface area is 60.3 Å². The summed E-state index contributed by atoms with van der Waals surface area (Å²) in [7, 11) is -0.204. The highest BCUT2D eigenvalue weighted by atomic mass is 32.3. The van der Waals surface area contributed by atoms with Crippen LogP contribution in [-0.2, 0) is 0 Å². The molecule has 56 valence electrons. The van der Waals surface area contributed by atoms with Crippen LogP contribution in [0.5, 0.6) is 0 Å². The molecule has 1 rings (SSSR count). The van der Waals surface area contributed by atoms with Crippen LogP contribution in [0.4, 0.5) is 0 Å². The first-order valence-electron chi connectivity index (χ1n) is 3.76. The van der Waals surface area contributed by atoms with E-state index in [0.717, 1.165) is 10.5 Å². The molecule has 1 heteroatoms. The third-order valence-electron chi connectivity index (χ3n) is 3.05. The van der Waals surface area contributed by atoms with Gasteiger partial charge in [0.2, 0.25) is 0 Å². The zero-order valence-electron chi connectivity index (χ0n) is 6.98. The summed E-state index contributed by atoms with van der Waals surface area (Å²) in [5, 5.41) is 2.04. The van der Waals surface area contributed by atoms with E-state index in [0.29, 0.717) is 0 Å². The van der Waals surface area contributed by atoms with Crippen molar-refractivity contribution in [3.05, 3.63) is 0 Å². The van der Waals surface area contributed by atoms with Gasteiger partial charge in [-0.25, -0.2) is 10.0 Å². The molecule has 0 saturated carbocycles. The van der Waals surface area contributed by atoms with E-state index in [1.165, 1.54) is 12.8 Å². The zero-order chi connectivity index (χ0) is 7.07. The standard InChI is InChI=1S/C8H18S/c1-7-5-6-8(2)9(7,3)4/h7-8H,5-6H2,1-4H3/t7-,8?/m1/s1. The van der Waals surface area contributed by atoms with Crippen LogP contribution in [0.2, 0.25) is 0 Å². The van der Waals surface area contributed by atoms with Crippen molar-refractivity contribution >= 4 is 10.0 Å². The van der Waals surface area contributed by atoms with Crippen molar-refractivity contribution in [3.63, 3.8) is 0 Å². The first-order chi connectivity index (χ1) is 4.05. The second-order valence-corrected chi connectivity index (χ2v) is 8.27. The van der Waals surface area contributed by atoms with Crippen LogP contribution in [-0.4, -0.2) is 23.0 Å². The van der Waals surface area contributed by atoms with Crippen LogP contribution in [0.15, 0.2) is 0 Å². The van der Waals surface area contributed by atoms with E-state index in [9.17, 15) is 0 Å². The van der Waals surface area contributed by atoms with Crippen LogP contribution in [0, 0.1) is 0 Å². The Morgan fingerprint density at radius 3 is 1.44 bits per heavy atom. The Hall–Kier alpha value is 0.350. The summed E-state index contributed by atoms with van der Waals surface area (Å²) in [4.78, 5) is 0. The molecule has 0 bridgehead atoms. The van der Waals surface area contributed by atoms with Crippen molar-refractivity contribution in [2.24, 2.45) is 0 Å². The second kappa shape index (κ2) is 2.19. The minimum Gasteiger partial charge on any atom is -0.242 e. The highest BCUT2D eigenvalue weighted by Gasteiger charge is 2.32. The summed E-state index contributed by atoms with van der Waals surface area (Å²) in [6, 6.07) is 0. The van der Waals surface area contributed by atoms with Gasteiger partial charge in [-0.05, 0) is 35.9 Å². The van der Waals surface area contributed by atoms with Crippen molar-refractivity contribution in [2.45, 2.75) is 37.2 Å². The highest BCUT2D eigenvalue weighted by molar-refractivity contribution is 8.33. The van der Waals surface area contributed by atoms with Crippen molar-refractivity contribution in [2.75, 3.05) is 12.5 Å². The highest BCUT2D eigenvalue weighted by Crippen LogP contribution is 2.58. The lowest BCUT2D eigenvalue weighted by Crippen LogP contribution is -2.12. The van der Waals surface area contributed by atoms with Gasteiger partial charge in [0.05, 0.1) is 0 Å². The molecule has 1 aliphatic heterocycles. The van der Waals surface area contributed by atoms with Crippen LogP contribution in [0.25, 0.3) is 0 Å². The summed E-state index contributed by atoms with van der Waals surface area (Å²) in [5.41, 5.74) is 0. The third-order valence-corrected chi connectivity index (χ3v) is 7.67. The minimum absolute atomic E-state index is 0.204. The van der Waals surface area contributed by atoms with Crippen molar-refractivity contribution < 1.29 is 0 Å².